The molecule has 0 bridgehead atoms. The van der Waals surface area contributed by atoms with E-state index in [2.05, 4.69) is 23.4 Å². The molecule has 0 spiro atoms. The number of carbonyl (C=O) groups is 1. The van der Waals surface area contributed by atoms with Crippen LogP contribution in [0.2, 0.25) is 4.34 Å². The first-order valence-corrected chi connectivity index (χ1v) is 8.04. The van der Waals surface area contributed by atoms with E-state index in [-0.39, 0.29) is 11.8 Å². The summed E-state index contributed by atoms with van der Waals surface area (Å²) < 4.78 is 0.790. The number of amides is 1. The van der Waals surface area contributed by atoms with E-state index in [4.69, 9.17) is 11.6 Å². The van der Waals surface area contributed by atoms with Gasteiger partial charge >= 0.3 is 0 Å². The Morgan fingerprint density at radius 3 is 3.11 bits per heavy atom. The van der Waals surface area contributed by atoms with Gasteiger partial charge in [-0.1, -0.05) is 18.2 Å². The molecule has 0 unspecified atom stereocenters. The van der Waals surface area contributed by atoms with Gasteiger partial charge in [0.1, 0.15) is 0 Å². The number of thiophene rings is 2. The van der Waals surface area contributed by atoms with Crippen molar-refractivity contribution in [2.24, 2.45) is 0 Å². The number of halogens is 1. The number of rotatable bonds is 2. The van der Waals surface area contributed by atoms with Gasteiger partial charge in [0.05, 0.1) is 10.9 Å². The van der Waals surface area contributed by atoms with E-state index < -0.39 is 0 Å². The summed E-state index contributed by atoms with van der Waals surface area (Å²) in [5.74, 6) is 0.207. The molecule has 0 saturated heterocycles. The largest absolute Gasteiger partial charge is 0.333 e. The predicted octanol–water partition coefficient (Wildman–Crippen LogP) is 4.12. The minimum Gasteiger partial charge on any atom is -0.333 e. The topological polar surface area (TPSA) is 20.3 Å². The number of hydrogen-bond acceptors (Lipinski definition) is 3. The molecule has 0 saturated carbocycles. The second-order valence-electron chi connectivity index (χ2n) is 4.46. The van der Waals surface area contributed by atoms with Crippen molar-refractivity contribution < 1.29 is 4.79 Å². The molecule has 1 aliphatic heterocycles. The fourth-order valence-corrected chi connectivity index (χ4v) is 4.51. The minimum absolute atomic E-state index is 0.0181. The van der Waals surface area contributed by atoms with Crippen LogP contribution in [0.1, 0.15) is 21.9 Å². The van der Waals surface area contributed by atoms with Gasteiger partial charge in [-0.25, -0.2) is 0 Å². The molecule has 2 aromatic heterocycles. The van der Waals surface area contributed by atoms with Crippen LogP contribution in [0.3, 0.4) is 0 Å². The lowest BCUT2D eigenvalue weighted by atomic mass is 9.90. The maximum Gasteiger partial charge on any atom is 0.246 e. The highest BCUT2D eigenvalue weighted by Gasteiger charge is 2.30. The molecule has 5 heteroatoms. The smallest absolute Gasteiger partial charge is 0.246 e. The lowest BCUT2D eigenvalue weighted by molar-refractivity contribution is -0.127. The van der Waals surface area contributed by atoms with Gasteiger partial charge in [-0.3, -0.25) is 4.79 Å². The standard InChI is InChI=1S/C14H12ClNOS2/c1-2-14(17)16-6-11(9-3-4-18-8-9)10-5-13(15)19-12(10)7-16/h2-5,8,11H,1,6-7H2/t11-/m1/s1. The summed E-state index contributed by atoms with van der Waals surface area (Å²) in [5, 5.41) is 4.21. The number of carbonyl (C=O) groups excluding carboxylic acids is 1. The van der Waals surface area contributed by atoms with Crippen molar-refractivity contribution >= 4 is 40.2 Å². The van der Waals surface area contributed by atoms with Crippen LogP contribution in [0.5, 0.6) is 0 Å². The summed E-state index contributed by atoms with van der Waals surface area (Å²) in [6.45, 7) is 4.91. The molecule has 0 N–H and O–H groups in total. The highest BCUT2D eigenvalue weighted by atomic mass is 35.5. The quantitative estimate of drug-likeness (QED) is 0.764. The van der Waals surface area contributed by atoms with Crippen molar-refractivity contribution in [2.75, 3.05) is 6.54 Å². The molecule has 1 atom stereocenters. The first-order chi connectivity index (χ1) is 9.19. The van der Waals surface area contributed by atoms with E-state index in [9.17, 15) is 4.79 Å². The van der Waals surface area contributed by atoms with Crippen LogP contribution in [0.4, 0.5) is 0 Å². The Morgan fingerprint density at radius 1 is 1.58 bits per heavy atom. The average Bonchev–Trinajstić information content (AvgIpc) is 3.04. The fourth-order valence-electron chi connectivity index (χ4n) is 2.44. The molecule has 0 aromatic carbocycles. The van der Waals surface area contributed by atoms with Crippen LogP contribution in [0, 0.1) is 0 Å². The van der Waals surface area contributed by atoms with Gasteiger partial charge in [-0.05, 0) is 40.1 Å². The van der Waals surface area contributed by atoms with Crippen LogP contribution in [0.25, 0.3) is 0 Å². The maximum absolute atomic E-state index is 11.9. The highest BCUT2D eigenvalue weighted by molar-refractivity contribution is 7.16. The van der Waals surface area contributed by atoms with Crippen molar-refractivity contribution in [1.82, 2.24) is 4.90 Å². The first-order valence-electron chi connectivity index (χ1n) is 5.90. The van der Waals surface area contributed by atoms with Gasteiger partial charge in [0.15, 0.2) is 0 Å². The Morgan fingerprint density at radius 2 is 2.42 bits per heavy atom. The molecule has 3 heterocycles. The van der Waals surface area contributed by atoms with E-state index in [0.717, 1.165) is 4.34 Å². The van der Waals surface area contributed by atoms with Crippen LogP contribution < -0.4 is 0 Å². The zero-order chi connectivity index (χ0) is 13.4. The molecule has 0 radical (unpaired) electrons. The maximum atomic E-state index is 11.9. The third-order valence-electron chi connectivity index (χ3n) is 3.36. The molecule has 98 valence electrons. The van der Waals surface area contributed by atoms with Crippen molar-refractivity contribution in [3.8, 4) is 0 Å². The van der Waals surface area contributed by atoms with Crippen LogP contribution >= 0.6 is 34.3 Å². The van der Waals surface area contributed by atoms with Crippen molar-refractivity contribution in [1.29, 1.82) is 0 Å². The lowest BCUT2D eigenvalue weighted by Crippen LogP contribution is -2.36. The van der Waals surface area contributed by atoms with Gasteiger partial charge in [0, 0.05) is 17.3 Å². The van der Waals surface area contributed by atoms with Crippen LogP contribution in [-0.4, -0.2) is 17.4 Å². The van der Waals surface area contributed by atoms with Crippen LogP contribution in [-0.2, 0) is 11.3 Å². The normalized spacial score (nSPS) is 18.2. The third kappa shape index (κ3) is 2.36. The van der Waals surface area contributed by atoms with E-state index in [1.807, 2.05) is 11.0 Å². The Hall–Kier alpha value is -1.10. The molecular weight excluding hydrogens is 298 g/mol. The molecule has 0 aliphatic carbocycles. The first kappa shape index (κ1) is 12.9. The Labute approximate surface area is 124 Å². The van der Waals surface area contributed by atoms with Crippen molar-refractivity contribution in [2.45, 2.75) is 12.5 Å². The molecule has 0 fully saturated rings. The monoisotopic (exact) mass is 309 g/mol. The molecule has 1 amide bonds. The van der Waals surface area contributed by atoms with Gasteiger partial charge in [-0.2, -0.15) is 11.3 Å². The minimum atomic E-state index is -0.0181. The van der Waals surface area contributed by atoms with Crippen molar-refractivity contribution in [3.63, 3.8) is 0 Å². The summed E-state index contributed by atoms with van der Waals surface area (Å²) in [5.41, 5.74) is 2.52. The average molecular weight is 310 g/mol. The Bertz CT molecular complexity index is 617. The molecule has 19 heavy (non-hydrogen) atoms. The molecule has 3 rings (SSSR count). The number of nitrogens with zero attached hydrogens (tertiary/aromatic N) is 1. The fraction of sp³-hybridized carbons (Fsp3) is 0.214. The lowest BCUT2D eigenvalue weighted by Gasteiger charge is -2.32. The summed E-state index contributed by atoms with van der Waals surface area (Å²) >= 11 is 9.38. The predicted molar refractivity (Wildman–Crippen MR) is 81.1 cm³/mol. The Balaban J connectivity index is 2.02. The van der Waals surface area contributed by atoms with E-state index >= 15 is 0 Å². The second-order valence-corrected chi connectivity index (χ2v) is 7.01. The third-order valence-corrected chi connectivity index (χ3v) is 5.32. The van der Waals surface area contributed by atoms with Gasteiger partial charge in [0.2, 0.25) is 5.91 Å². The van der Waals surface area contributed by atoms with E-state index in [0.29, 0.717) is 13.1 Å². The number of fused-ring (bicyclic) bond motifs is 1. The molecule has 2 aromatic rings. The van der Waals surface area contributed by atoms with Crippen LogP contribution in [0.15, 0.2) is 35.5 Å². The highest BCUT2D eigenvalue weighted by Crippen LogP contribution is 2.40. The number of hydrogen-bond donors (Lipinski definition) is 0. The van der Waals surface area contributed by atoms with Gasteiger partial charge in [0.25, 0.3) is 0 Å². The van der Waals surface area contributed by atoms with E-state index in [1.54, 1.807) is 22.7 Å². The summed E-state index contributed by atoms with van der Waals surface area (Å²) in [6.07, 6.45) is 1.38. The molecular formula is C14H12ClNOS2. The van der Waals surface area contributed by atoms with Gasteiger partial charge in [-0.15, -0.1) is 11.3 Å². The van der Waals surface area contributed by atoms with Crippen molar-refractivity contribution in [3.05, 3.63) is 55.9 Å². The summed E-state index contributed by atoms with van der Waals surface area (Å²) in [4.78, 5) is 14.9. The summed E-state index contributed by atoms with van der Waals surface area (Å²) in [6, 6.07) is 4.16. The van der Waals surface area contributed by atoms with Gasteiger partial charge < -0.3 is 4.90 Å². The zero-order valence-corrected chi connectivity index (χ0v) is 12.5. The molecule has 2 nitrogen and oxygen atoms in total. The zero-order valence-electron chi connectivity index (χ0n) is 10.1. The summed E-state index contributed by atoms with van der Waals surface area (Å²) in [7, 11) is 0. The molecule has 1 aliphatic rings. The van der Waals surface area contributed by atoms with E-state index in [1.165, 1.54) is 22.1 Å². The second kappa shape index (κ2) is 5.12. The Kier molecular flexibility index (Phi) is 3.48. The SMILES string of the molecule is C=CC(=O)N1Cc2sc(Cl)cc2[C@@H](c2ccsc2)C1.